The summed E-state index contributed by atoms with van der Waals surface area (Å²) in [6.45, 7) is 1.49. The van der Waals surface area contributed by atoms with Crippen LogP contribution in [-0.2, 0) is 6.18 Å². The van der Waals surface area contributed by atoms with Crippen LogP contribution in [0.15, 0.2) is 24.5 Å². The Bertz CT molecular complexity index is 972. The molecule has 4 rings (SSSR count). The minimum absolute atomic E-state index is 0.149. The Labute approximate surface area is 151 Å². The molecule has 1 fully saturated rings. The average molecular weight is 383 g/mol. The molecule has 1 aliphatic rings. The number of phenols is 1. The molecule has 0 saturated heterocycles. The van der Waals surface area contributed by atoms with Crippen LogP contribution in [0.1, 0.15) is 30.0 Å². The summed E-state index contributed by atoms with van der Waals surface area (Å²) in [5.41, 5.74) is 0.793. The Morgan fingerprint density at radius 3 is 2.62 bits per heavy atom. The Hall–Kier alpha value is -2.35. The molecule has 3 aromatic rings. The van der Waals surface area contributed by atoms with Crippen LogP contribution in [0.5, 0.6) is 5.75 Å². The molecule has 2 aromatic heterocycles. The van der Waals surface area contributed by atoms with Crippen molar-refractivity contribution in [3.8, 4) is 17.0 Å². The first-order valence-corrected chi connectivity index (χ1v) is 8.43. The Morgan fingerprint density at radius 1 is 1.27 bits per heavy atom. The van der Waals surface area contributed by atoms with Gasteiger partial charge in [0.25, 0.3) is 0 Å². The van der Waals surface area contributed by atoms with Gasteiger partial charge in [0, 0.05) is 10.9 Å². The highest BCUT2D eigenvalue weighted by atomic mass is 35.5. The van der Waals surface area contributed by atoms with Crippen molar-refractivity contribution in [1.29, 1.82) is 0 Å². The van der Waals surface area contributed by atoms with Crippen LogP contribution in [0.25, 0.3) is 22.4 Å². The van der Waals surface area contributed by atoms with E-state index in [-0.39, 0.29) is 28.2 Å². The monoisotopic (exact) mass is 382 g/mol. The molecule has 9 heteroatoms. The maximum Gasteiger partial charge on any atom is 0.416 e. The molecule has 0 aliphatic heterocycles. The zero-order valence-electron chi connectivity index (χ0n) is 13.6. The smallest absolute Gasteiger partial charge is 0.416 e. The third-order valence-electron chi connectivity index (χ3n) is 4.57. The number of halogens is 4. The lowest BCUT2D eigenvalue weighted by Crippen LogP contribution is -2.27. The molecule has 1 aromatic carbocycles. The van der Waals surface area contributed by atoms with Gasteiger partial charge in [0.2, 0.25) is 0 Å². The van der Waals surface area contributed by atoms with Crippen molar-refractivity contribution < 1.29 is 18.3 Å². The minimum Gasteiger partial charge on any atom is -0.507 e. The molecule has 0 spiro atoms. The summed E-state index contributed by atoms with van der Waals surface area (Å²) in [6, 6.07) is 1.88. The summed E-state index contributed by atoms with van der Waals surface area (Å²) < 4.78 is 40.4. The second-order valence-electron chi connectivity index (χ2n) is 6.48. The maximum absolute atomic E-state index is 12.9. The average Bonchev–Trinajstić information content (AvgIpc) is 2.93. The lowest BCUT2D eigenvalue weighted by atomic mass is 9.93. The fourth-order valence-corrected chi connectivity index (χ4v) is 3.54. The van der Waals surface area contributed by atoms with Crippen molar-refractivity contribution in [1.82, 2.24) is 19.7 Å². The molecular weight excluding hydrogens is 369 g/mol. The topological polar surface area (TPSA) is 63.8 Å². The number of rotatable bonds is 2. The van der Waals surface area contributed by atoms with E-state index >= 15 is 0 Å². The fraction of sp³-hybridized carbons (Fsp3) is 0.353. The molecule has 2 heterocycles. The summed E-state index contributed by atoms with van der Waals surface area (Å²) >= 11 is 6.00. The zero-order chi connectivity index (χ0) is 18.6. The highest BCUT2D eigenvalue weighted by molar-refractivity contribution is 6.21. The number of hydrogen-bond acceptors (Lipinski definition) is 4. The van der Waals surface area contributed by atoms with E-state index in [2.05, 4.69) is 15.1 Å². The molecule has 0 bridgehead atoms. The van der Waals surface area contributed by atoms with E-state index in [0.29, 0.717) is 17.2 Å². The number of aromatic nitrogens is 4. The number of aryl methyl sites for hydroxylation is 1. The highest BCUT2D eigenvalue weighted by Gasteiger charge is 2.32. The second-order valence-corrected chi connectivity index (χ2v) is 7.10. The van der Waals surface area contributed by atoms with Crippen LogP contribution in [0.3, 0.4) is 0 Å². The maximum atomic E-state index is 12.9. The van der Waals surface area contributed by atoms with E-state index in [9.17, 15) is 18.3 Å². The molecule has 5 nitrogen and oxygen atoms in total. The van der Waals surface area contributed by atoms with Gasteiger partial charge in [-0.3, -0.25) is 4.68 Å². The Balaban J connectivity index is 1.75. The largest absolute Gasteiger partial charge is 0.507 e. The fourth-order valence-electron chi connectivity index (χ4n) is 3.13. The Morgan fingerprint density at radius 2 is 2.00 bits per heavy atom. The first kappa shape index (κ1) is 17.1. The number of nitrogens with zero attached hydrogens (tertiary/aromatic N) is 4. The first-order chi connectivity index (χ1) is 12.2. The summed E-state index contributed by atoms with van der Waals surface area (Å²) in [4.78, 5) is 8.65. The number of aromatic hydroxyl groups is 1. The quantitative estimate of drug-likeness (QED) is 0.664. The van der Waals surface area contributed by atoms with Gasteiger partial charge in [-0.2, -0.15) is 18.3 Å². The third-order valence-corrected chi connectivity index (χ3v) is 4.93. The van der Waals surface area contributed by atoms with E-state index in [1.807, 2.05) is 0 Å². The van der Waals surface area contributed by atoms with Gasteiger partial charge in [0.15, 0.2) is 5.65 Å². The summed E-state index contributed by atoms with van der Waals surface area (Å²) in [7, 11) is 0. The highest BCUT2D eigenvalue weighted by Crippen LogP contribution is 2.39. The molecule has 26 heavy (non-hydrogen) atoms. The van der Waals surface area contributed by atoms with Gasteiger partial charge >= 0.3 is 6.18 Å². The summed E-state index contributed by atoms with van der Waals surface area (Å²) in [6.07, 6.45) is 0.314. The number of hydrogen-bond donors (Lipinski definition) is 1. The second kappa shape index (κ2) is 5.84. The lowest BCUT2D eigenvalue weighted by Gasteiger charge is -2.30. The van der Waals surface area contributed by atoms with E-state index in [0.717, 1.165) is 18.9 Å². The predicted octanol–water partition coefficient (Wildman–Crippen LogP) is 4.47. The normalized spacial score (nSPS) is 20.3. The SMILES string of the molecule is Cc1cc(C(F)(F)F)cc(O)c1-c1cnc2cn(C3CC(Cl)C3)nc2n1. The van der Waals surface area contributed by atoms with Gasteiger partial charge in [-0.1, -0.05) is 0 Å². The van der Waals surface area contributed by atoms with Crippen LogP contribution in [0, 0.1) is 6.92 Å². The van der Waals surface area contributed by atoms with E-state index in [1.165, 1.54) is 13.1 Å². The van der Waals surface area contributed by atoms with Crippen molar-refractivity contribution in [2.24, 2.45) is 0 Å². The summed E-state index contributed by atoms with van der Waals surface area (Å²) in [5, 5.41) is 14.7. The number of fused-ring (bicyclic) bond motifs is 1. The number of benzene rings is 1. The standard InChI is InChI=1S/C17H14ClF3N4O/c1-8-2-9(17(19,20)21)3-14(26)15(8)12-6-22-13-7-25(24-16(13)23-12)11-4-10(18)5-11/h2-3,6-7,10-11,26H,4-5H2,1H3. The molecule has 0 unspecified atom stereocenters. The van der Waals surface area contributed by atoms with Crippen molar-refractivity contribution in [3.05, 3.63) is 35.7 Å². The molecule has 136 valence electrons. The molecule has 1 N–H and O–H groups in total. The van der Waals surface area contributed by atoms with Crippen molar-refractivity contribution in [3.63, 3.8) is 0 Å². The van der Waals surface area contributed by atoms with Gasteiger partial charge in [-0.15, -0.1) is 11.6 Å². The summed E-state index contributed by atoms with van der Waals surface area (Å²) in [5.74, 6) is -0.491. The molecule has 1 saturated carbocycles. The van der Waals surface area contributed by atoms with E-state index in [1.54, 1.807) is 10.9 Å². The van der Waals surface area contributed by atoms with Gasteiger partial charge < -0.3 is 5.11 Å². The van der Waals surface area contributed by atoms with Crippen LogP contribution >= 0.6 is 11.6 Å². The zero-order valence-corrected chi connectivity index (χ0v) is 14.4. The molecular formula is C17H14ClF3N4O. The first-order valence-electron chi connectivity index (χ1n) is 7.99. The van der Waals surface area contributed by atoms with Gasteiger partial charge in [0.05, 0.1) is 29.7 Å². The van der Waals surface area contributed by atoms with Crippen molar-refractivity contribution in [2.45, 2.75) is 37.4 Å². The predicted molar refractivity (Wildman–Crippen MR) is 90.1 cm³/mol. The van der Waals surface area contributed by atoms with Crippen LogP contribution in [-0.4, -0.2) is 30.2 Å². The van der Waals surface area contributed by atoms with E-state index in [4.69, 9.17) is 11.6 Å². The van der Waals surface area contributed by atoms with Gasteiger partial charge in [-0.05, 0) is 37.5 Å². The van der Waals surface area contributed by atoms with Crippen molar-refractivity contribution >= 4 is 22.8 Å². The number of alkyl halides is 4. The van der Waals surface area contributed by atoms with Crippen LogP contribution in [0.2, 0.25) is 0 Å². The molecule has 0 radical (unpaired) electrons. The molecule has 0 atom stereocenters. The van der Waals surface area contributed by atoms with Crippen LogP contribution in [0.4, 0.5) is 13.2 Å². The third kappa shape index (κ3) is 2.88. The molecule has 1 aliphatic carbocycles. The van der Waals surface area contributed by atoms with E-state index < -0.39 is 17.5 Å². The van der Waals surface area contributed by atoms with Crippen LogP contribution < -0.4 is 0 Å². The lowest BCUT2D eigenvalue weighted by molar-refractivity contribution is -0.137. The van der Waals surface area contributed by atoms with Gasteiger partial charge in [0.1, 0.15) is 11.3 Å². The minimum atomic E-state index is -4.53. The van der Waals surface area contributed by atoms with Crippen molar-refractivity contribution in [2.75, 3.05) is 0 Å². The molecule has 0 amide bonds. The number of phenolic OH excluding ortho intramolecular Hbond substituents is 1. The Kier molecular flexibility index (Phi) is 3.83. The van der Waals surface area contributed by atoms with Gasteiger partial charge in [-0.25, -0.2) is 9.97 Å².